The number of benzene rings is 1. The number of carbonyl (C=O) groups is 3. The second kappa shape index (κ2) is 11.9. The van der Waals surface area contributed by atoms with Crippen LogP contribution in [0.15, 0.2) is 24.3 Å². The molecule has 0 aliphatic carbocycles. The van der Waals surface area contributed by atoms with Gasteiger partial charge in [0.15, 0.2) is 0 Å². The number of hydrogen-bond donors (Lipinski definition) is 3. The van der Waals surface area contributed by atoms with E-state index in [1.54, 1.807) is 0 Å². The van der Waals surface area contributed by atoms with E-state index in [1.807, 2.05) is 0 Å². The van der Waals surface area contributed by atoms with Crippen LogP contribution in [0.1, 0.15) is 36.2 Å². The monoisotopic (exact) mass is 392 g/mol. The highest BCUT2D eigenvalue weighted by molar-refractivity contribution is 6.27. The van der Waals surface area contributed by atoms with Gasteiger partial charge in [0.2, 0.25) is 0 Å². The van der Waals surface area contributed by atoms with Gasteiger partial charge in [0, 0.05) is 12.1 Å². The van der Waals surface area contributed by atoms with Crippen molar-refractivity contribution in [3.63, 3.8) is 0 Å². The first kappa shape index (κ1) is 24.4. The van der Waals surface area contributed by atoms with Crippen molar-refractivity contribution in [1.29, 1.82) is 0 Å². The zero-order valence-corrected chi connectivity index (χ0v) is 15.0. The van der Waals surface area contributed by atoms with Crippen LogP contribution in [0.5, 0.6) is 0 Å². The molecular weight excluding hydrogens is 369 g/mol. The summed E-state index contributed by atoms with van der Waals surface area (Å²) < 4.78 is 37.2. The lowest BCUT2D eigenvalue weighted by Gasteiger charge is -2.17. The van der Waals surface area contributed by atoms with Gasteiger partial charge in [-0.3, -0.25) is 4.79 Å². The lowest BCUT2D eigenvalue weighted by molar-refractivity contribution is -0.159. The second-order valence-corrected chi connectivity index (χ2v) is 5.32. The minimum atomic E-state index is -4.38. The van der Waals surface area contributed by atoms with E-state index in [4.69, 9.17) is 19.8 Å². The Morgan fingerprint density at radius 2 is 1.48 bits per heavy atom. The molecule has 27 heavy (non-hydrogen) atoms. The van der Waals surface area contributed by atoms with Crippen LogP contribution in [0.4, 0.5) is 13.2 Å². The predicted molar refractivity (Wildman–Crippen MR) is 91.5 cm³/mol. The number of halogens is 3. The highest BCUT2D eigenvalue weighted by atomic mass is 19.4. The number of amides is 1. The molecule has 0 bridgehead atoms. The predicted octanol–water partition coefficient (Wildman–Crippen LogP) is 2.32. The Hall–Kier alpha value is -2.62. The van der Waals surface area contributed by atoms with E-state index in [1.165, 1.54) is 12.1 Å². The third-order valence-corrected chi connectivity index (χ3v) is 3.49. The standard InChI is InChI=1S/C15H21F3N2O.C2H2O4/c1-3-20(4-2)11-5-10-19-14(21)12-6-8-13(9-7-12)15(16,17)18;3-1(4)2(5)6/h6-9H,3-5,10-11H2,1-2H3,(H,19,21);(H,3,4)(H,5,6). The lowest BCUT2D eigenvalue weighted by Crippen LogP contribution is -2.29. The first-order valence-corrected chi connectivity index (χ1v) is 8.16. The van der Waals surface area contributed by atoms with Gasteiger partial charge in [-0.1, -0.05) is 13.8 Å². The maximum absolute atomic E-state index is 12.4. The van der Waals surface area contributed by atoms with Crippen molar-refractivity contribution in [1.82, 2.24) is 10.2 Å². The van der Waals surface area contributed by atoms with E-state index in [-0.39, 0.29) is 11.5 Å². The molecule has 0 aromatic heterocycles. The fraction of sp³-hybridized carbons (Fsp3) is 0.471. The van der Waals surface area contributed by atoms with Crippen molar-refractivity contribution >= 4 is 17.8 Å². The molecule has 1 amide bonds. The van der Waals surface area contributed by atoms with Crippen LogP contribution in [-0.2, 0) is 15.8 Å². The van der Waals surface area contributed by atoms with Gasteiger partial charge in [0.05, 0.1) is 5.56 Å². The third-order valence-electron chi connectivity index (χ3n) is 3.49. The largest absolute Gasteiger partial charge is 0.473 e. The molecule has 0 saturated carbocycles. The molecule has 7 nitrogen and oxygen atoms in total. The summed E-state index contributed by atoms with van der Waals surface area (Å²) in [5.41, 5.74) is -0.508. The first-order chi connectivity index (χ1) is 12.5. The SMILES string of the molecule is CCN(CC)CCCNC(=O)c1ccc(C(F)(F)F)cc1.O=C(O)C(=O)O. The Labute approximate surface area is 154 Å². The van der Waals surface area contributed by atoms with Gasteiger partial charge in [0.25, 0.3) is 5.91 Å². The van der Waals surface area contributed by atoms with Gasteiger partial charge in [-0.25, -0.2) is 9.59 Å². The number of aliphatic carboxylic acids is 2. The van der Waals surface area contributed by atoms with E-state index in [0.29, 0.717) is 6.54 Å². The fourth-order valence-electron chi connectivity index (χ4n) is 1.96. The number of alkyl halides is 3. The number of hydrogen-bond acceptors (Lipinski definition) is 4. The number of nitrogens with zero attached hydrogens (tertiary/aromatic N) is 1. The van der Waals surface area contributed by atoms with Crippen LogP contribution in [0.25, 0.3) is 0 Å². The summed E-state index contributed by atoms with van der Waals surface area (Å²) >= 11 is 0. The van der Waals surface area contributed by atoms with E-state index in [0.717, 1.165) is 38.2 Å². The zero-order chi connectivity index (χ0) is 21.0. The van der Waals surface area contributed by atoms with Crippen LogP contribution in [-0.4, -0.2) is 59.1 Å². The van der Waals surface area contributed by atoms with Crippen molar-refractivity contribution in [3.8, 4) is 0 Å². The average molecular weight is 392 g/mol. The summed E-state index contributed by atoms with van der Waals surface area (Å²) in [5.74, 6) is -3.99. The smallest absolute Gasteiger partial charge is 0.416 e. The minimum Gasteiger partial charge on any atom is -0.473 e. The normalized spacial score (nSPS) is 10.7. The Morgan fingerprint density at radius 3 is 1.85 bits per heavy atom. The molecule has 1 rings (SSSR count). The molecule has 0 unspecified atom stereocenters. The molecule has 0 saturated heterocycles. The molecule has 0 aliphatic heterocycles. The lowest BCUT2D eigenvalue weighted by atomic mass is 10.1. The highest BCUT2D eigenvalue weighted by Gasteiger charge is 2.30. The summed E-state index contributed by atoms with van der Waals surface area (Å²) in [6.07, 6.45) is -3.56. The number of carboxylic acid groups (broad SMARTS) is 2. The van der Waals surface area contributed by atoms with E-state index < -0.39 is 23.7 Å². The molecule has 0 fully saturated rings. The van der Waals surface area contributed by atoms with Crippen molar-refractivity contribution in [3.05, 3.63) is 35.4 Å². The van der Waals surface area contributed by atoms with Gasteiger partial charge in [-0.05, 0) is 50.3 Å². The maximum atomic E-state index is 12.4. The molecule has 152 valence electrons. The minimum absolute atomic E-state index is 0.242. The molecule has 3 N–H and O–H groups in total. The molecular formula is C17H23F3N2O5. The maximum Gasteiger partial charge on any atom is 0.416 e. The fourth-order valence-corrected chi connectivity index (χ4v) is 1.96. The first-order valence-electron chi connectivity index (χ1n) is 8.16. The summed E-state index contributed by atoms with van der Waals surface area (Å²) in [5, 5.41) is 17.5. The summed E-state index contributed by atoms with van der Waals surface area (Å²) in [6, 6.07) is 4.24. The Bertz CT molecular complexity index is 602. The topological polar surface area (TPSA) is 107 Å². The summed E-state index contributed by atoms with van der Waals surface area (Å²) in [7, 11) is 0. The van der Waals surface area contributed by atoms with Crippen molar-refractivity contribution < 1.29 is 37.8 Å². The van der Waals surface area contributed by atoms with Crippen LogP contribution in [0, 0.1) is 0 Å². The van der Waals surface area contributed by atoms with Gasteiger partial charge < -0.3 is 20.4 Å². The molecule has 0 radical (unpaired) electrons. The Kier molecular flexibility index (Phi) is 10.7. The van der Waals surface area contributed by atoms with Crippen molar-refractivity contribution in [2.45, 2.75) is 26.4 Å². The van der Waals surface area contributed by atoms with Crippen LogP contribution >= 0.6 is 0 Å². The summed E-state index contributed by atoms with van der Waals surface area (Å²) in [6.45, 7) is 7.47. The quantitative estimate of drug-likeness (QED) is 0.486. The van der Waals surface area contributed by atoms with Crippen molar-refractivity contribution in [2.75, 3.05) is 26.2 Å². The van der Waals surface area contributed by atoms with E-state index in [2.05, 4.69) is 24.1 Å². The van der Waals surface area contributed by atoms with Crippen molar-refractivity contribution in [2.24, 2.45) is 0 Å². The molecule has 1 aromatic rings. The van der Waals surface area contributed by atoms with Crippen LogP contribution < -0.4 is 5.32 Å². The average Bonchev–Trinajstić information content (AvgIpc) is 2.61. The summed E-state index contributed by atoms with van der Waals surface area (Å²) in [4.78, 5) is 32.2. The Balaban J connectivity index is 0.000000972. The molecule has 10 heteroatoms. The van der Waals surface area contributed by atoms with Gasteiger partial charge in [-0.15, -0.1) is 0 Å². The number of rotatable bonds is 7. The third kappa shape index (κ3) is 10.2. The highest BCUT2D eigenvalue weighted by Crippen LogP contribution is 2.28. The number of carbonyl (C=O) groups excluding carboxylic acids is 1. The number of nitrogens with one attached hydrogen (secondary N) is 1. The van der Waals surface area contributed by atoms with Gasteiger partial charge in [0.1, 0.15) is 0 Å². The molecule has 0 spiro atoms. The van der Waals surface area contributed by atoms with Gasteiger partial charge in [-0.2, -0.15) is 13.2 Å². The van der Waals surface area contributed by atoms with E-state index in [9.17, 15) is 18.0 Å². The number of carboxylic acids is 2. The van der Waals surface area contributed by atoms with E-state index >= 15 is 0 Å². The van der Waals surface area contributed by atoms with Crippen LogP contribution in [0.2, 0.25) is 0 Å². The molecule has 0 aliphatic rings. The Morgan fingerprint density at radius 1 is 1.00 bits per heavy atom. The zero-order valence-electron chi connectivity index (χ0n) is 15.0. The molecule has 0 heterocycles. The van der Waals surface area contributed by atoms with Gasteiger partial charge >= 0.3 is 18.1 Å². The van der Waals surface area contributed by atoms with Crippen LogP contribution in [0.3, 0.4) is 0 Å². The molecule has 0 atom stereocenters. The molecule has 1 aromatic carbocycles. The second-order valence-electron chi connectivity index (χ2n) is 5.32.